The number of thiophene rings is 1. The molecule has 3 aromatic carbocycles. The van der Waals surface area contributed by atoms with E-state index in [1.807, 2.05) is 24.3 Å². The molecule has 0 spiro atoms. The smallest absolute Gasteiger partial charge is 0.266 e. The van der Waals surface area contributed by atoms with Gasteiger partial charge in [0.2, 0.25) is 5.91 Å². The molecule has 0 unspecified atom stereocenters. The van der Waals surface area contributed by atoms with Crippen LogP contribution in [-0.4, -0.2) is 11.8 Å². The number of fused-ring (bicyclic) bond motifs is 1. The van der Waals surface area contributed by atoms with Crippen molar-refractivity contribution >= 4 is 44.6 Å². The molecular weight excluding hydrogens is 392 g/mol. The lowest BCUT2D eigenvalue weighted by Crippen LogP contribution is -2.13. The molecule has 2 amide bonds. The van der Waals surface area contributed by atoms with Crippen molar-refractivity contribution in [3.8, 4) is 0 Å². The van der Waals surface area contributed by atoms with Gasteiger partial charge in [0.15, 0.2) is 0 Å². The van der Waals surface area contributed by atoms with Crippen molar-refractivity contribution in [2.45, 2.75) is 20.3 Å². The van der Waals surface area contributed by atoms with Gasteiger partial charge in [-0.1, -0.05) is 54.1 Å². The largest absolute Gasteiger partial charge is 0.326 e. The van der Waals surface area contributed by atoms with Crippen LogP contribution in [0.1, 0.15) is 33.3 Å². The monoisotopic (exact) mass is 414 g/mol. The first kappa shape index (κ1) is 19.9. The summed E-state index contributed by atoms with van der Waals surface area (Å²) in [6.45, 7) is 3.53. The molecule has 4 nitrogen and oxygen atoms in total. The second kappa shape index (κ2) is 8.51. The minimum atomic E-state index is -0.150. The molecule has 2 N–H and O–H groups in total. The lowest BCUT2D eigenvalue weighted by atomic mass is 10.0. The van der Waals surface area contributed by atoms with Gasteiger partial charge >= 0.3 is 0 Å². The summed E-state index contributed by atoms with van der Waals surface area (Å²) in [5.74, 6) is -0.290. The van der Waals surface area contributed by atoms with E-state index in [1.54, 1.807) is 18.2 Å². The summed E-state index contributed by atoms with van der Waals surface area (Å²) >= 11 is 1.51. The molecular formula is C25H22N2O2S. The Hall–Kier alpha value is -3.44. The van der Waals surface area contributed by atoms with E-state index < -0.39 is 0 Å². The lowest BCUT2D eigenvalue weighted by molar-refractivity contribution is -0.114. The van der Waals surface area contributed by atoms with Crippen LogP contribution >= 0.6 is 11.3 Å². The first-order valence-corrected chi connectivity index (χ1v) is 10.6. The number of amides is 2. The molecule has 4 aromatic rings. The molecule has 4 rings (SSSR count). The fraction of sp³-hybridized carbons (Fsp3) is 0.120. The van der Waals surface area contributed by atoms with Gasteiger partial charge in [-0.25, -0.2) is 0 Å². The van der Waals surface area contributed by atoms with E-state index in [0.29, 0.717) is 22.7 Å². The summed E-state index contributed by atoms with van der Waals surface area (Å²) in [6.07, 6.45) is 0.693. The van der Waals surface area contributed by atoms with E-state index in [2.05, 4.69) is 47.9 Å². The standard InChI is InChI=1S/C25H22N2O2S/c1-16-10-12-18(13-11-16)14-22-21-8-3-4-9-23(21)30-24(22)25(29)27-20-7-5-6-19(15-20)26-17(2)28/h3-13,15H,14H2,1-2H3,(H,26,28)(H,27,29). The van der Waals surface area contributed by atoms with E-state index in [9.17, 15) is 9.59 Å². The van der Waals surface area contributed by atoms with Crippen LogP contribution in [0.2, 0.25) is 0 Å². The van der Waals surface area contributed by atoms with E-state index in [1.165, 1.54) is 29.4 Å². The minimum Gasteiger partial charge on any atom is -0.326 e. The summed E-state index contributed by atoms with van der Waals surface area (Å²) in [5, 5.41) is 6.84. The Kier molecular flexibility index (Phi) is 5.63. The molecule has 0 aliphatic carbocycles. The van der Waals surface area contributed by atoms with Gasteiger partial charge < -0.3 is 10.6 Å². The van der Waals surface area contributed by atoms with Crippen LogP contribution in [0.5, 0.6) is 0 Å². The molecule has 0 radical (unpaired) electrons. The Morgan fingerprint density at radius 2 is 1.57 bits per heavy atom. The maximum atomic E-state index is 13.2. The molecule has 5 heteroatoms. The Balaban J connectivity index is 1.67. The predicted octanol–water partition coefficient (Wildman–Crippen LogP) is 6.01. The van der Waals surface area contributed by atoms with Crippen molar-refractivity contribution in [3.63, 3.8) is 0 Å². The highest BCUT2D eigenvalue weighted by molar-refractivity contribution is 7.21. The normalized spacial score (nSPS) is 10.7. The quantitative estimate of drug-likeness (QED) is 0.420. The third-order valence-corrected chi connectivity index (χ3v) is 6.06. The van der Waals surface area contributed by atoms with Gasteiger partial charge in [-0.2, -0.15) is 0 Å². The second-order valence-corrected chi connectivity index (χ2v) is 8.34. The number of aryl methyl sites for hydroxylation is 1. The fourth-order valence-electron chi connectivity index (χ4n) is 3.43. The third-order valence-electron chi connectivity index (χ3n) is 4.85. The number of hydrogen-bond acceptors (Lipinski definition) is 3. The number of hydrogen-bond donors (Lipinski definition) is 2. The molecule has 0 atom stereocenters. The van der Waals surface area contributed by atoms with Crippen molar-refractivity contribution in [1.82, 2.24) is 0 Å². The zero-order chi connectivity index (χ0) is 21.1. The molecule has 0 saturated carbocycles. The van der Waals surface area contributed by atoms with E-state index >= 15 is 0 Å². The number of carbonyl (C=O) groups excluding carboxylic acids is 2. The fourth-order valence-corrected chi connectivity index (χ4v) is 4.55. The minimum absolute atomic E-state index is 0.140. The zero-order valence-electron chi connectivity index (χ0n) is 16.9. The average Bonchev–Trinajstić information content (AvgIpc) is 3.08. The first-order valence-electron chi connectivity index (χ1n) is 9.74. The Bertz CT molecular complexity index is 1230. The maximum Gasteiger partial charge on any atom is 0.266 e. The highest BCUT2D eigenvalue weighted by Gasteiger charge is 2.19. The van der Waals surface area contributed by atoms with Crippen LogP contribution in [0, 0.1) is 6.92 Å². The molecule has 0 saturated heterocycles. The van der Waals surface area contributed by atoms with E-state index in [0.717, 1.165) is 15.6 Å². The van der Waals surface area contributed by atoms with E-state index in [4.69, 9.17) is 0 Å². The topological polar surface area (TPSA) is 58.2 Å². The highest BCUT2D eigenvalue weighted by atomic mass is 32.1. The highest BCUT2D eigenvalue weighted by Crippen LogP contribution is 2.33. The van der Waals surface area contributed by atoms with Crippen molar-refractivity contribution in [2.75, 3.05) is 10.6 Å². The first-order chi connectivity index (χ1) is 14.5. The van der Waals surface area contributed by atoms with Crippen LogP contribution in [0.25, 0.3) is 10.1 Å². The lowest BCUT2D eigenvalue weighted by Gasteiger charge is -2.09. The van der Waals surface area contributed by atoms with Gasteiger partial charge in [0.1, 0.15) is 0 Å². The van der Waals surface area contributed by atoms with Gasteiger partial charge in [0.05, 0.1) is 4.88 Å². The number of carbonyl (C=O) groups is 2. The molecule has 0 fully saturated rings. The van der Waals surface area contributed by atoms with Crippen LogP contribution in [0.3, 0.4) is 0 Å². The summed E-state index contributed by atoms with van der Waals surface area (Å²) in [5.41, 5.74) is 4.72. The summed E-state index contributed by atoms with van der Waals surface area (Å²) in [6, 6.07) is 23.7. The van der Waals surface area contributed by atoms with Crippen LogP contribution < -0.4 is 10.6 Å². The van der Waals surface area contributed by atoms with Gasteiger partial charge in [-0.05, 0) is 54.1 Å². The van der Waals surface area contributed by atoms with Crippen molar-refractivity contribution in [1.29, 1.82) is 0 Å². The van der Waals surface area contributed by atoms with Crippen LogP contribution in [-0.2, 0) is 11.2 Å². The van der Waals surface area contributed by atoms with Gasteiger partial charge in [0.25, 0.3) is 5.91 Å². The van der Waals surface area contributed by atoms with Crippen LogP contribution in [0.4, 0.5) is 11.4 Å². The maximum absolute atomic E-state index is 13.2. The SMILES string of the molecule is CC(=O)Nc1cccc(NC(=O)c2sc3ccccc3c2Cc2ccc(C)cc2)c1. The zero-order valence-corrected chi connectivity index (χ0v) is 17.7. The Labute approximate surface area is 179 Å². The summed E-state index contributed by atoms with van der Waals surface area (Å²) < 4.78 is 1.09. The third kappa shape index (κ3) is 4.42. The Morgan fingerprint density at radius 1 is 0.867 bits per heavy atom. The van der Waals surface area contributed by atoms with Gasteiger partial charge in [-0.3, -0.25) is 9.59 Å². The molecule has 0 aliphatic heterocycles. The number of anilines is 2. The average molecular weight is 415 g/mol. The Morgan fingerprint density at radius 3 is 2.30 bits per heavy atom. The van der Waals surface area contributed by atoms with Crippen LogP contribution in [0.15, 0.2) is 72.8 Å². The molecule has 0 bridgehead atoms. The van der Waals surface area contributed by atoms with Gasteiger partial charge in [0, 0.05) is 23.0 Å². The van der Waals surface area contributed by atoms with Crippen molar-refractivity contribution in [2.24, 2.45) is 0 Å². The number of nitrogens with one attached hydrogen (secondary N) is 2. The molecule has 150 valence electrons. The molecule has 0 aliphatic rings. The van der Waals surface area contributed by atoms with Gasteiger partial charge in [-0.15, -0.1) is 11.3 Å². The molecule has 1 aromatic heterocycles. The van der Waals surface area contributed by atoms with Crippen molar-refractivity contribution < 1.29 is 9.59 Å². The number of benzene rings is 3. The predicted molar refractivity (Wildman–Crippen MR) is 125 cm³/mol. The summed E-state index contributed by atoms with van der Waals surface area (Å²) in [7, 11) is 0. The van der Waals surface area contributed by atoms with Crippen molar-refractivity contribution in [3.05, 3.63) is 94.4 Å². The molecule has 30 heavy (non-hydrogen) atoms. The summed E-state index contributed by atoms with van der Waals surface area (Å²) in [4.78, 5) is 25.2. The van der Waals surface area contributed by atoms with E-state index in [-0.39, 0.29) is 11.8 Å². The number of rotatable bonds is 5. The second-order valence-electron chi connectivity index (χ2n) is 7.28. The molecule has 1 heterocycles.